The number of carboxylic acid groups (broad SMARTS) is 1. The van der Waals surface area contributed by atoms with Crippen molar-refractivity contribution in [1.29, 1.82) is 0 Å². The van der Waals surface area contributed by atoms with Crippen LogP contribution in [0.2, 0.25) is 0 Å². The highest BCUT2D eigenvalue weighted by Gasteiger charge is 2.06. The van der Waals surface area contributed by atoms with Gasteiger partial charge in [0, 0.05) is 6.42 Å². The van der Waals surface area contributed by atoms with Gasteiger partial charge in [-0.3, -0.25) is 4.79 Å². The normalized spacial score (nSPS) is 11.2. The third-order valence-corrected chi connectivity index (χ3v) is 2.90. The van der Waals surface area contributed by atoms with Crippen LogP contribution in [0.5, 0.6) is 0 Å². The SMILES string of the molecule is CCC(=O)O.Cc1ccc(C(N)c2ccccc2)cc1. The topological polar surface area (TPSA) is 63.3 Å². The van der Waals surface area contributed by atoms with Crippen LogP contribution in [-0.4, -0.2) is 11.1 Å². The van der Waals surface area contributed by atoms with Crippen molar-refractivity contribution >= 4 is 5.97 Å². The molecule has 20 heavy (non-hydrogen) atoms. The maximum Gasteiger partial charge on any atom is 0.303 e. The van der Waals surface area contributed by atoms with Gasteiger partial charge in [0.25, 0.3) is 0 Å². The van der Waals surface area contributed by atoms with E-state index in [1.165, 1.54) is 5.56 Å². The highest BCUT2D eigenvalue weighted by molar-refractivity contribution is 5.66. The standard InChI is InChI=1S/C14H15N.C3H6O2/c1-11-7-9-13(10-8-11)14(15)12-5-3-2-4-6-12;1-2-3(4)5/h2-10,14H,15H2,1H3;2H2,1H3,(H,4,5). The van der Waals surface area contributed by atoms with Crippen molar-refractivity contribution in [2.75, 3.05) is 0 Å². The number of benzene rings is 2. The van der Waals surface area contributed by atoms with Gasteiger partial charge in [0.15, 0.2) is 0 Å². The summed E-state index contributed by atoms with van der Waals surface area (Å²) in [6.07, 6.45) is 0.222. The molecule has 0 fully saturated rings. The van der Waals surface area contributed by atoms with E-state index >= 15 is 0 Å². The molecule has 0 saturated carbocycles. The lowest BCUT2D eigenvalue weighted by molar-refractivity contribution is -0.136. The fourth-order valence-corrected chi connectivity index (χ4v) is 1.63. The molecule has 0 aromatic heterocycles. The van der Waals surface area contributed by atoms with Crippen LogP contribution in [0.1, 0.15) is 36.1 Å². The average molecular weight is 271 g/mol. The summed E-state index contributed by atoms with van der Waals surface area (Å²) in [6.45, 7) is 3.68. The fraction of sp³-hybridized carbons (Fsp3) is 0.235. The molecule has 0 spiro atoms. The van der Waals surface area contributed by atoms with E-state index in [1.807, 2.05) is 18.2 Å². The van der Waals surface area contributed by atoms with Gasteiger partial charge in [-0.15, -0.1) is 0 Å². The summed E-state index contributed by atoms with van der Waals surface area (Å²) in [5, 5.41) is 7.72. The molecule has 2 rings (SSSR count). The molecule has 1 unspecified atom stereocenters. The molecule has 3 nitrogen and oxygen atoms in total. The lowest BCUT2D eigenvalue weighted by atomic mass is 9.99. The molecular weight excluding hydrogens is 250 g/mol. The second-order valence-electron chi connectivity index (χ2n) is 4.55. The fourth-order valence-electron chi connectivity index (χ4n) is 1.63. The molecule has 0 bridgehead atoms. The van der Waals surface area contributed by atoms with Crippen LogP contribution < -0.4 is 5.73 Å². The summed E-state index contributed by atoms with van der Waals surface area (Å²) in [6, 6.07) is 18.5. The van der Waals surface area contributed by atoms with Crippen LogP contribution in [0.25, 0.3) is 0 Å². The quantitative estimate of drug-likeness (QED) is 0.897. The van der Waals surface area contributed by atoms with Crippen LogP contribution in [0.15, 0.2) is 54.6 Å². The number of carboxylic acids is 1. The highest BCUT2D eigenvalue weighted by Crippen LogP contribution is 2.19. The first-order chi connectivity index (χ1) is 9.54. The van der Waals surface area contributed by atoms with Crippen molar-refractivity contribution in [3.05, 3.63) is 71.3 Å². The van der Waals surface area contributed by atoms with Gasteiger partial charge in [0.1, 0.15) is 0 Å². The zero-order chi connectivity index (χ0) is 15.0. The maximum absolute atomic E-state index is 9.37. The molecule has 0 aliphatic carbocycles. The van der Waals surface area contributed by atoms with Crippen LogP contribution >= 0.6 is 0 Å². The van der Waals surface area contributed by atoms with E-state index in [4.69, 9.17) is 10.8 Å². The number of hydrogen-bond donors (Lipinski definition) is 2. The molecule has 2 aromatic rings. The van der Waals surface area contributed by atoms with E-state index in [9.17, 15) is 4.79 Å². The molecule has 3 N–H and O–H groups in total. The van der Waals surface area contributed by atoms with Crippen molar-refractivity contribution in [2.45, 2.75) is 26.3 Å². The predicted octanol–water partition coefficient (Wildman–Crippen LogP) is 3.52. The third kappa shape index (κ3) is 5.24. The van der Waals surface area contributed by atoms with Gasteiger partial charge in [0.05, 0.1) is 6.04 Å². The Labute approximate surface area is 120 Å². The Hall–Kier alpha value is -2.13. The molecule has 0 heterocycles. The largest absolute Gasteiger partial charge is 0.481 e. The lowest BCUT2D eigenvalue weighted by Gasteiger charge is -2.12. The maximum atomic E-state index is 9.37. The zero-order valence-electron chi connectivity index (χ0n) is 11.9. The van der Waals surface area contributed by atoms with Crippen molar-refractivity contribution in [2.24, 2.45) is 5.73 Å². The minimum absolute atomic E-state index is 0.0215. The number of aliphatic carboxylic acids is 1. The molecule has 3 heteroatoms. The Morgan fingerprint density at radius 2 is 1.50 bits per heavy atom. The van der Waals surface area contributed by atoms with Crippen molar-refractivity contribution in [3.8, 4) is 0 Å². The molecule has 0 saturated heterocycles. The summed E-state index contributed by atoms with van der Waals surface area (Å²) in [5.74, 6) is -0.745. The molecule has 106 valence electrons. The summed E-state index contributed by atoms with van der Waals surface area (Å²) >= 11 is 0. The number of nitrogens with two attached hydrogens (primary N) is 1. The predicted molar refractivity (Wildman–Crippen MR) is 81.6 cm³/mol. The smallest absolute Gasteiger partial charge is 0.303 e. The first-order valence-corrected chi connectivity index (χ1v) is 6.63. The molecule has 0 radical (unpaired) electrons. The van der Waals surface area contributed by atoms with Crippen molar-refractivity contribution in [3.63, 3.8) is 0 Å². The van der Waals surface area contributed by atoms with Crippen LogP contribution in [0.3, 0.4) is 0 Å². The van der Waals surface area contributed by atoms with Gasteiger partial charge in [-0.25, -0.2) is 0 Å². The lowest BCUT2D eigenvalue weighted by Crippen LogP contribution is -2.11. The zero-order valence-corrected chi connectivity index (χ0v) is 11.9. The Morgan fingerprint density at radius 1 is 1.05 bits per heavy atom. The number of carbonyl (C=O) groups is 1. The molecular formula is C17H21NO2. The first kappa shape index (κ1) is 15.9. The van der Waals surface area contributed by atoms with Gasteiger partial charge in [-0.1, -0.05) is 67.1 Å². The molecule has 2 aromatic carbocycles. The molecule has 0 aliphatic heterocycles. The number of hydrogen-bond acceptors (Lipinski definition) is 2. The Bertz CT molecular complexity index is 520. The van der Waals surface area contributed by atoms with Crippen LogP contribution in [0, 0.1) is 6.92 Å². The van der Waals surface area contributed by atoms with Crippen molar-refractivity contribution in [1.82, 2.24) is 0 Å². The Morgan fingerprint density at radius 3 is 1.95 bits per heavy atom. The van der Waals surface area contributed by atoms with E-state index < -0.39 is 5.97 Å². The van der Waals surface area contributed by atoms with Gasteiger partial charge >= 0.3 is 5.97 Å². The molecule has 1 atom stereocenters. The van der Waals surface area contributed by atoms with E-state index in [0.717, 1.165) is 11.1 Å². The van der Waals surface area contributed by atoms with E-state index in [0.29, 0.717) is 0 Å². The summed E-state index contributed by atoms with van der Waals surface area (Å²) in [7, 11) is 0. The summed E-state index contributed by atoms with van der Waals surface area (Å²) in [5.41, 5.74) is 9.74. The highest BCUT2D eigenvalue weighted by atomic mass is 16.4. The average Bonchev–Trinajstić information content (AvgIpc) is 2.49. The summed E-state index contributed by atoms with van der Waals surface area (Å²) in [4.78, 5) is 9.37. The van der Waals surface area contributed by atoms with Crippen LogP contribution in [0.4, 0.5) is 0 Å². The van der Waals surface area contributed by atoms with Gasteiger partial charge in [-0.05, 0) is 18.1 Å². The Balaban J connectivity index is 0.000000347. The number of aryl methyl sites for hydroxylation is 1. The minimum atomic E-state index is -0.745. The monoisotopic (exact) mass is 271 g/mol. The minimum Gasteiger partial charge on any atom is -0.481 e. The molecule has 0 aliphatic rings. The second-order valence-corrected chi connectivity index (χ2v) is 4.55. The van der Waals surface area contributed by atoms with Crippen molar-refractivity contribution < 1.29 is 9.90 Å². The third-order valence-electron chi connectivity index (χ3n) is 2.90. The Kier molecular flexibility index (Phi) is 6.47. The number of rotatable bonds is 3. The molecule has 0 amide bonds. The second kappa shape index (κ2) is 8.12. The van der Waals surface area contributed by atoms with E-state index in [2.05, 4.69) is 43.3 Å². The van der Waals surface area contributed by atoms with Gasteiger partial charge in [0.2, 0.25) is 0 Å². The van der Waals surface area contributed by atoms with Gasteiger partial charge < -0.3 is 10.8 Å². The van der Waals surface area contributed by atoms with Crippen LogP contribution in [-0.2, 0) is 4.79 Å². The first-order valence-electron chi connectivity index (χ1n) is 6.63. The summed E-state index contributed by atoms with van der Waals surface area (Å²) < 4.78 is 0. The van der Waals surface area contributed by atoms with E-state index in [1.54, 1.807) is 6.92 Å². The van der Waals surface area contributed by atoms with Gasteiger partial charge in [-0.2, -0.15) is 0 Å². The van der Waals surface area contributed by atoms with E-state index in [-0.39, 0.29) is 12.5 Å².